The Kier molecular flexibility index (Phi) is 5.45. The summed E-state index contributed by atoms with van der Waals surface area (Å²) in [5, 5.41) is 0.146. The van der Waals surface area contributed by atoms with Gasteiger partial charge in [-0.05, 0) is 18.3 Å². The molecule has 108 valence electrons. The molecule has 0 bridgehead atoms. The van der Waals surface area contributed by atoms with Gasteiger partial charge in [0.15, 0.2) is 0 Å². The van der Waals surface area contributed by atoms with Gasteiger partial charge in [0, 0.05) is 24.8 Å². The molecule has 2 unspecified atom stereocenters. The molecule has 0 aromatic carbocycles. The molecule has 2 nitrogen and oxygen atoms in total. The topological polar surface area (TPSA) is 18.5 Å². The second kappa shape index (κ2) is 6.06. The Labute approximate surface area is 115 Å². The van der Waals surface area contributed by atoms with Gasteiger partial charge < -0.3 is 8.85 Å². The standard InChI is InChI=1S/C15H32O2Si/c1-12(2)15(4,5)18(16-6,17-7)14-11-9-8-10-13(14)3/h12-14H,8-11H2,1-7H3. The third-order valence-electron chi connectivity index (χ3n) is 5.55. The third kappa shape index (κ3) is 2.54. The lowest BCUT2D eigenvalue weighted by Gasteiger charge is -2.51. The maximum absolute atomic E-state index is 6.14. The number of hydrogen-bond donors (Lipinski definition) is 0. The van der Waals surface area contributed by atoms with E-state index in [0.29, 0.717) is 11.5 Å². The van der Waals surface area contributed by atoms with Crippen molar-refractivity contribution in [3.63, 3.8) is 0 Å². The van der Waals surface area contributed by atoms with Crippen LogP contribution in [-0.2, 0) is 8.85 Å². The normalized spacial score (nSPS) is 26.7. The summed E-state index contributed by atoms with van der Waals surface area (Å²) in [5.74, 6) is 1.32. The fourth-order valence-corrected chi connectivity index (χ4v) is 8.76. The Bertz CT molecular complexity index is 259. The molecule has 0 radical (unpaired) electrons. The van der Waals surface area contributed by atoms with Crippen LogP contribution in [-0.4, -0.2) is 22.8 Å². The zero-order chi connectivity index (χ0) is 14.0. The highest BCUT2D eigenvalue weighted by Gasteiger charge is 2.58. The Hall–Kier alpha value is 0.137. The van der Waals surface area contributed by atoms with Crippen LogP contribution in [0.4, 0.5) is 0 Å². The fraction of sp³-hybridized carbons (Fsp3) is 1.00. The highest BCUT2D eigenvalue weighted by molar-refractivity contribution is 6.72. The maximum Gasteiger partial charge on any atom is 0.347 e. The lowest BCUT2D eigenvalue weighted by molar-refractivity contribution is 0.157. The average Bonchev–Trinajstić information content (AvgIpc) is 2.33. The molecular weight excluding hydrogens is 240 g/mol. The average molecular weight is 273 g/mol. The Balaban J connectivity index is 3.13. The van der Waals surface area contributed by atoms with Crippen molar-refractivity contribution in [3.8, 4) is 0 Å². The van der Waals surface area contributed by atoms with Gasteiger partial charge in [-0.3, -0.25) is 0 Å². The quantitative estimate of drug-likeness (QED) is 0.673. The molecule has 1 fully saturated rings. The van der Waals surface area contributed by atoms with Crippen LogP contribution in [0.2, 0.25) is 10.6 Å². The van der Waals surface area contributed by atoms with Crippen LogP contribution in [0.3, 0.4) is 0 Å². The molecule has 1 aliphatic rings. The summed E-state index contributed by atoms with van der Waals surface area (Å²) in [4.78, 5) is 0. The van der Waals surface area contributed by atoms with E-state index in [1.807, 2.05) is 14.2 Å². The van der Waals surface area contributed by atoms with Crippen LogP contribution in [0.1, 0.15) is 60.3 Å². The van der Waals surface area contributed by atoms with E-state index >= 15 is 0 Å². The Morgan fingerprint density at radius 2 is 1.56 bits per heavy atom. The Morgan fingerprint density at radius 1 is 1.06 bits per heavy atom. The van der Waals surface area contributed by atoms with Gasteiger partial charge in [0.2, 0.25) is 0 Å². The molecular formula is C15H32O2Si. The van der Waals surface area contributed by atoms with Gasteiger partial charge in [-0.25, -0.2) is 0 Å². The SMILES string of the molecule is CO[Si](OC)(C1CCCCC1C)C(C)(C)C(C)C. The van der Waals surface area contributed by atoms with Gasteiger partial charge in [0.05, 0.1) is 0 Å². The minimum atomic E-state index is -2.20. The zero-order valence-electron chi connectivity index (χ0n) is 13.4. The van der Waals surface area contributed by atoms with Crippen LogP contribution < -0.4 is 0 Å². The van der Waals surface area contributed by atoms with Gasteiger partial charge in [0.1, 0.15) is 0 Å². The van der Waals surface area contributed by atoms with Crippen LogP contribution >= 0.6 is 0 Å². The van der Waals surface area contributed by atoms with Gasteiger partial charge >= 0.3 is 8.56 Å². The summed E-state index contributed by atoms with van der Waals surface area (Å²) in [5.41, 5.74) is 0.638. The van der Waals surface area contributed by atoms with Crippen molar-refractivity contribution < 1.29 is 8.85 Å². The third-order valence-corrected chi connectivity index (χ3v) is 11.0. The summed E-state index contributed by atoms with van der Waals surface area (Å²) < 4.78 is 12.3. The fourth-order valence-electron chi connectivity index (χ4n) is 3.67. The van der Waals surface area contributed by atoms with Crippen molar-refractivity contribution in [3.05, 3.63) is 0 Å². The first-order chi connectivity index (χ1) is 8.33. The van der Waals surface area contributed by atoms with Gasteiger partial charge in [-0.15, -0.1) is 0 Å². The minimum Gasteiger partial charge on any atom is -0.397 e. The molecule has 1 rings (SSSR count). The predicted molar refractivity (Wildman–Crippen MR) is 80.0 cm³/mol. The molecule has 0 spiro atoms. The first-order valence-corrected chi connectivity index (χ1v) is 9.33. The summed E-state index contributed by atoms with van der Waals surface area (Å²) in [6.45, 7) is 11.7. The van der Waals surface area contributed by atoms with Crippen molar-refractivity contribution in [1.82, 2.24) is 0 Å². The molecule has 18 heavy (non-hydrogen) atoms. The molecule has 0 amide bonds. The van der Waals surface area contributed by atoms with E-state index in [2.05, 4.69) is 34.6 Å². The first kappa shape index (κ1) is 16.2. The lowest BCUT2D eigenvalue weighted by Crippen LogP contribution is -2.57. The van der Waals surface area contributed by atoms with Gasteiger partial charge in [-0.2, -0.15) is 0 Å². The first-order valence-electron chi connectivity index (χ1n) is 7.43. The summed E-state index contributed by atoms with van der Waals surface area (Å²) in [6.07, 6.45) is 5.33. The van der Waals surface area contributed by atoms with E-state index in [1.54, 1.807) is 0 Å². The van der Waals surface area contributed by atoms with E-state index in [4.69, 9.17) is 8.85 Å². The molecule has 2 atom stereocenters. The monoisotopic (exact) mass is 272 g/mol. The lowest BCUT2D eigenvalue weighted by atomic mass is 9.90. The van der Waals surface area contributed by atoms with Gasteiger partial charge in [-0.1, -0.05) is 53.9 Å². The van der Waals surface area contributed by atoms with Crippen LogP contribution in [0, 0.1) is 11.8 Å². The summed E-state index contributed by atoms with van der Waals surface area (Å²) in [7, 11) is 1.56. The second-order valence-electron chi connectivity index (χ2n) is 6.82. The Morgan fingerprint density at radius 3 is 1.94 bits per heavy atom. The largest absolute Gasteiger partial charge is 0.397 e. The van der Waals surface area contributed by atoms with Crippen molar-refractivity contribution in [2.45, 2.75) is 70.9 Å². The maximum atomic E-state index is 6.14. The zero-order valence-corrected chi connectivity index (χ0v) is 14.4. The summed E-state index contributed by atoms with van der Waals surface area (Å²) in [6, 6.07) is 0. The molecule has 3 heteroatoms. The highest BCUT2D eigenvalue weighted by Crippen LogP contribution is 2.55. The summed E-state index contributed by atoms with van der Waals surface area (Å²) >= 11 is 0. The molecule has 0 N–H and O–H groups in total. The van der Waals surface area contributed by atoms with E-state index < -0.39 is 8.56 Å². The smallest absolute Gasteiger partial charge is 0.347 e. The van der Waals surface area contributed by atoms with E-state index in [1.165, 1.54) is 25.7 Å². The number of hydrogen-bond acceptors (Lipinski definition) is 2. The van der Waals surface area contributed by atoms with Crippen molar-refractivity contribution in [2.24, 2.45) is 11.8 Å². The van der Waals surface area contributed by atoms with E-state index in [-0.39, 0.29) is 5.04 Å². The van der Waals surface area contributed by atoms with Gasteiger partial charge in [0.25, 0.3) is 0 Å². The molecule has 0 aromatic rings. The van der Waals surface area contributed by atoms with Crippen molar-refractivity contribution >= 4 is 8.56 Å². The molecule has 1 aliphatic carbocycles. The minimum absolute atomic E-state index is 0.146. The molecule has 0 saturated heterocycles. The predicted octanol–water partition coefficient (Wildman–Crippen LogP) is 4.74. The molecule has 0 heterocycles. The molecule has 0 aliphatic heterocycles. The highest BCUT2D eigenvalue weighted by atomic mass is 28.4. The van der Waals surface area contributed by atoms with Crippen LogP contribution in [0.5, 0.6) is 0 Å². The van der Waals surface area contributed by atoms with Crippen LogP contribution in [0.15, 0.2) is 0 Å². The number of rotatable bonds is 5. The van der Waals surface area contributed by atoms with E-state index in [0.717, 1.165) is 5.92 Å². The van der Waals surface area contributed by atoms with Crippen molar-refractivity contribution in [1.29, 1.82) is 0 Å². The van der Waals surface area contributed by atoms with Crippen molar-refractivity contribution in [2.75, 3.05) is 14.2 Å². The van der Waals surface area contributed by atoms with Crippen LogP contribution in [0.25, 0.3) is 0 Å². The van der Waals surface area contributed by atoms with E-state index in [9.17, 15) is 0 Å². The molecule has 0 aromatic heterocycles. The molecule has 1 saturated carbocycles. The second-order valence-corrected chi connectivity index (χ2v) is 11.0.